The topological polar surface area (TPSA) is 65.0 Å². The Kier molecular flexibility index (Phi) is 5.98. The second-order valence-corrected chi connectivity index (χ2v) is 14.6. The van der Waals surface area contributed by atoms with Crippen LogP contribution in [-0.2, 0) is 19.0 Å². The first-order chi connectivity index (χ1) is 16.1. The minimum Gasteiger partial charge on any atom is -0.389 e. The van der Waals surface area contributed by atoms with Crippen LogP contribution in [-0.4, -0.2) is 45.7 Å². The van der Waals surface area contributed by atoms with Gasteiger partial charge in [0.05, 0.1) is 23.4 Å². The number of ether oxygens (including phenoxy) is 3. The molecule has 200 valence electrons. The highest BCUT2D eigenvalue weighted by Gasteiger charge is 2.66. The van der Waals surface area contributed by atoms with Crippen molar-refractivity contribution in [3.63, 3.8) is 0 Å². The Labute approximate surface area is 213 Å². The molecule has 5 fully saturated rings. The van der Waals surface area contributed by atoms with Crippen LogP contribution in [0.15, 0.2) is 0 Å². The van der Waals surface area contributed by atoms with Gasteiger partial charge in [-0.2, -0.15) is 0 Å². The Bertz CT molecular complexity index is 867. The Morgan fingerprint density at radius 3 is 2.23 bits per heavy atom. The van der Waals surface area contributed by atoms with Crippen molar-refractivity contribution in [3.8, 4) is 0 Å². The molecule has 1 N–H and O–H groups in total. The van der Waals surface area contributed by atoms with Crippen molar-refractivity contribution in [2.45, 2.75) is 154 Å². The van der Waals surface area contributed by atoms with E-state index in [1.165, 1.54) is 0 Å². The summed E-state index contributed by atoms with van der Waals surface area (Å²) in [6.45, 7) is 17.4. The predicted octanol–water partition coefficient (Wildman–Crippen LogP) is 6.20. The van der Waals surface area contributed by atoms with Gasteiger partial charge in [-0.25, -0.2) is 0 Å². The first kappa shape index (κ1) is 26.1. The lowest BCUT2D eigenvalue weighted by atomic mass is 9.51. The van der Waals surface area contributed by atoms with E-state index in [9.17, 15) is 9.90 Å². The average molecular weight is 491 g/mol. The summed E-state index contributed by atoms with van der Waals surface area (Å²) < 4.78 is 20.0. The quantitative estimate of drug-likeness (QED) is 0.510. The number of carbonyl (C=O) groups is 1. The van der Waals surface area contributed by atoms with Crippen LogP contribution < -0.4 is 0 Å². The van der Waals surface area contributed by atoms with Gasteiger partial charge in [0.2, 0.25) is 0 Å². The second-order valence-electron chi connectivity index (χ2n) is 14.6. The van der Waals surface area contributed by atoms with Gasteiger partial charge >= 0.3 is 0 Å². The van der Waals surface area contributed by atoms with Gasteiger partial charge in [0, 0.05) is 24.2 Å². The van der Waals surface area contributed by atoms with E-state index >= 15 is 0 Å². The van der Waals surface area contributed by atoms with Crippen molar-refractivity contribution < 1.29 is 24.1 Å². The lowest BCUT2D eigenvalue weighted by molar-refractivity contribution is -0.289. The van der Waals surface area contributed by atoms with E-state index in [2.05, 4.69) is 41.5 Å². The van der Waals surface area contributed by atoms with Crippen molar-refractivity contribution in [1.82, 2.24) is 0 Å². The van der Waals surface area contributed by atoms with E-state index in [0.717, 1.165) is 51.4 Å². The van der Waals surface area contributed by atoms with E-state index < -0.39 is 22.4 Å². The third-order valence-electron chi connectivity index (χ3n) is 12.1. The van der Waals surface area contributed by atoms with Crippen molar-refractivity contribution in [3.05, 3.63) is 0 Å². The molecule has 0 aromatic heterocycles. The lowest BCUT2D eigenvalue weighted by Gasteiger charge is -2.59. The van der Waals surface area contributed by atoms with Crippen molar-refractivity contribution >= 4 is 5.78 Å². The van der Waals surface area contributed by atoms with Gasteiger partial charge in [0.15, 0.2) is 11.6 Å². The SMILES string of the molecule is C[C@@H]1CC[C@H]2OC(C)(C)C(=O)CC[C@]2(C)[C@@]1(O)CC[C@@]1(C)C2CC[C@@H]3O[C@@]2(CC[C@@H]1C)OC3(C)C. The number of carbonyl (C=O) groups excluding carboxylic acids is 1. The van der Waals surface area contributed by atoms with Crippen LogP contribution in [0, 0.1) is 28.6 Å². The predicted molar refractivity (Wildman–Crippen MR) is 136 cm³/mol. The van der Waals surface area contributed by atoms with E-state index in [0.29, 0.717) is 24.7 Å². The molecule has 0 aromatic rings. The number of fused-ring (bicyclic) bond motifs is 2. The molecule has 0 radical (unpaired) electrons. The monoisotopic (exact) mass is 490 g/mol. The van der Waals surface area contributed by atoms with Gasteiger partial charge in [-0.3, -0.25) is 4.79 Å². The Hall–Kier alpha value is -0.490. The van der Waals surface area contributed by atoms with Crippen LogP contribution in [0.2, 0.25) is 0 Å². The van der Waals surface area contributed by atoms with Crippen LogP contribution in [0.1, 0.15) is 120 Å². The Morgan fingerprint density at radius 2 is 1.51 bits per heavy atom. The van der Waals surface area contributed by atoms with Crippen molar-refractivity contribution in [1.29, 1.82) is 0 Å². The number of hydrogen-bond acceptors (Lipinski definition) is 5. The van der Waals surface area contributed by atoms with Gasteiger partial charge < -0.3 is 19.3 Å². The van der Waals surface area contributed by atoms with Gasteiger partial charge in [-0.05, 0) is 96.3 Å². The molecule has 5 rings (SSSR count). The zero-order valence-corrected chi connectivity index (χ0v) is 23.5. The van der Waals surface area contributed by atoms with E-state index in [4.69, 9.17) is 14.2 Å². The van der Waals surface area contributed by atoms with Crippen LogP contribution >= 0.6 is 0 Å². The first-order valence-corrected chi connectivity index (χ1v) is 14.4. The fourth-order valence-electron chi connectivity index (χ4n) is 9.10. The van der Waals surface area contributed by atoms with E-state index in [1.54, 1.807) is 0 Å². The van der Waals surface area contributed by atoms with Gasteiger partial charge in [-0.1, -0.05) is 27.7 Å². The summed E-state index contributed by atoms with van der Waals surface area (Å²) in [7, 11) is 0. The standard InChI is InChI=1S/C30H50O5/c1-19-13-16-30-21(10-12-23(34-30)26(5,6)35-30)27(19,7)17-18-29(32)20(2)9-11-24-28(29,8)15-14-22(31)25(3,4)33-24/h19-21,23-24,32H,9-18H2,1-8H3/t19-,20+,21?,23-,24+,27+,28-,29+,30-/m0/s1. The molecule has 1 unspecified atom stereocenters. The Balaban J connectivity index is 1.43. The lowest BCUT2D eigenvalue weighted by Crippen LogP contribution is -2.62. The summed E-state index contributed by atoms with van der Waals surface area (Å²) in [6, 6.07) is 0. The zero-order valence-electron chi connectivity index (χ0n) is 23.5. The summed E-state index contributed by atoms with van der Waals surface area (Å²) in [4.78, 5) is 12.9. The highest BCUT2D eigenvalue weighted by molar-refractivity contribution is 5.86. The number of Topliss-reactive ketones (excluding diaryl/α,β-unsaturated/α-hetero) is 1. The highest BCUT2D eigenvalue weighted by Crippen LogP contribution is 2.64. The number of rotatable bonds is 3. The summed E-state index contributed by atoms with van der Waals surface area (Å²) in [5, 5.41) is 12.6. The molecule has 5 heteroatoms. The zero-order chi connectivity index (χ0) is 25.7. The smallest absolute Gasteiger partial charge is 0.172 e. The highest BCUT2D eigenvalue weighted by atomic mass is 16.8. The summed E-state index contributed by atoms with van der Waals surface area (Å²) >= 11 is 0. The maximum Gasteiger partial charge on any atom is 0.172 e. The third kappa shape index (κ3) is 3.65. The number of aliphatic hydroxyl groups is 1. The number of ketones is 1. The van der Waals surface area contributed by atoms with Crippen LogP contribution in [0.4, 0.5) is 0 Å². The minimum atomic E-state index is -0.863. The minimum absolute atomic E-state index is 0.0308. The molecule has 0 aromatic carbocycles. The largest absolute Gasteiger partial charge is 0.389 e. The second kappa shape index (κ2) is 8.01. The molecule has 5 aliphatic rings. The van der Waals surface area contributed by atoms with Gasteiger partial charge in [-0.15, -0.1) is 0 Å². The summed E-state index contributed by atoms with van der Waals surface area (Å²) in [5.74, 6) is 0.751. The van der Waals surface area contributed by atoms with E-state index in [1.807, 2.05) is 13.8 Å². The molecular formula is C30H50O5. The summed E-state index contributed by atoms with van der Waals surface area (Å²) in [6.07, 6.45) is 9.04. The van der Waals surface area contributed by atoms with E-state index in [-0.39, 0.29) is 34.9 Å². The van der Waals surface area contributed by atoms with Crippen LogP contribution in [0.3, 0.4) is 0 Å². The molecule has 0 amide bonds. The molecule has 3 aliphatic heterocycles. The summed E-state index contributed by atoms with van der Waals surface area (Å²) in [5.41, 5.74) is -2.27. The fraction of sp³-hybridized carbons (Fsp3) is 0.967. The molecule has 2 saturated carbocycles. The van der Waals surface area contributed by atoms with Gasteiger partial charge in [0.1, 0.15) is 5.60 Å². The van der Waals surface area contributed by atoms with Crippen LogP contribution in [0.5, 0.6) is 0 Å². The van der Waals surface area contributed by atoms with Crippen LogP contribution in [0.25, 0.3) is 0 Å². The third-order valence-corrected chi connectivity index (χ3v) is 12.1. The maximum absolute atomic E-state index is 12.9. The molecule has 9 atom stereocenters. The molecule has 2 aliphatic carbocycles. The van der Waals surface area contributed by atoms with Crippen molar-refractivity contribution in [2.24, 2.45) is 28.6 Å². The first-order valence-electron chi connectivity index (χ1n) is 14.4. The van der Waals surface area contributed by atoms with Gasteiger partial charge in [0.25, 0.3) is 0 Å². The molecular weight excluding hydrogens is 440 g/mol. The van der Waals surface area contributed by atoms with Crippen molar-refractivity contribution in [2.75, 3.05) is 0 Å². The maximum atomic E-state index is 12.9. The number of hydrogen-bond donors (Lipinski definition) is 1. The molecule has 2 bridgehead atoms. The average Bonchev–Trinajstić information content (AvgIpc) is 2.92. The molecule has 5 nitrogen and oxygen atoms in total. The Morgan fingerprint density at radius 1 is 0.829 bits per heavy atom. The molecule has 3 saturated heterocycles. The molecule has 35 heavy (non-hydrogen) atoms. The fourth-order valence-corrected chi connectivity index (χ4v) is 9.10. The normalized spacial score (nSPS) is 52.9. The molecule has 3 heterocycles. The molecule has 1 spiro atoms.